The van der Waals surface area contributed by atoms with Crippen LogP contribution in [0.25, 0.3) is 161 Å². The number of hydrogen-bond donors (Lipinski definition) is 1. The van der Waals surface area contributed by atoms with Gasteiger partial charge in [-0.1, -0.05) is 234 Å². The minimum atomic E-state index is 0.664. The molecule has 0 aliphatic carbocycles. The number of aromatic amines is 1. The Hall–Kier alpha value is -11.5. The average Bonchev–Trinajstić information content (AvgIpc) is 2.35. The van der Waals surface area contributed by atoms with Crippen molar-refractivity contribution in [2.75, 3.05) is 0 Å². The Labute approximate surface area is 519 Å². The van der Waals surface area contributed by atoms with Gasteiger partial charge in [-0.05, 0) is 84.9 Å². The topological polar surface area (TPSA) is 98.6 Å². The maximum absolute atomic E-state index is 6.42. The van der Waals surface area contributed by atoms with Gasteiger partial charge < -0.3 is 18.4 Å². The van der Waals surface area contributed by atoms with Crippen molar-refractivity contribution in [3.63, 3.8) is 0 Å². The molecule has 0 aliphatic rings. The fraction of sp³-hybridized carbons (Fsp3) is 0. The summed E-state index contributed by atoms with van der Waals surface area (Å²) in [6, 6.07) is 104. The molecular weight excluding hydrogens is 1160 g/mol. The van der Waals surface area contributed by atoms with Crippen LogP contribution in [-0.2, 0) is 0 Å². The summed E-state index contributed by atoms with van der Waals surface area (Å²) >= 11 is 3.57. The zero-order valence-electron chi connectivity index (χ0n) is 47.8. The van der Waals surface area contributed by atoms with Crippen LogP contribution in [0.2, 0.25) is 0 Å². The molecule has 0 atom stereocenters. The summed E-state index contributed by atoms with van der Waals surface area (Å²) in [6.07, 6.45) is 0. The van der Waals surface area contributed by atoms with Gasteiger partial charge in [0.25, 0.3) is 0 Å². The van der Waals surface area contributed by atoms with Gasteiger partial charge >= 0.3 is 0 Å². The molecular formula is C80H51BrN6O2. The lowest BCUT2D eigenvalue weighted by atomic mass is 10.0. The number of furan rings is 2. The first-order chi connectivity index (χ1) is 44.0. The summed E-state index contributed by atoms with van der Waals surface area (Å²) in [5.74, 6) is 1.34. The number of benzene rings is 12. The Morgan fingerprint density at radius 2 is 0.674 bits per heavy atom. The van der Waals surface area contributed by atoms with Crippen molar-refractivity contribution in [3.8, 4) is 73.5 Å². The maximum Gasteiger partial charge on any atom is 0.160 e. The third-order valence-corrected chi connectivity index (χ3v) is 16.9. The Kier molecular flexibility index (Phi) is 13.5. The molecule has 6 heterocycles. The monoisotopic (exact) mass is 1210 g/mol. The highest BCUT2D eigenvalue weighted by molar-refractivity contribution is 9.10. The number of nitrogens with one attached hydrogen (secondary N) is 1. The van der Waals surface area contributed by atoms with Crippen LogP contribution < -0.4 is 0 Å². The Bertz CT molecular complexity index is 5570. The van der Waals surface area contributed by atoms with E-state index in [1.807, 2.05) is 103 Å². The largest absolute Gasteiger partial charge is 0.455 e. The van der Waals surface area contributed by atoms with Crippen LogP contribution in [0.1, 0.15) is 0 Å². The SMILES string of the molecule is Brc1cccc(-c2nc(-c3ccccc3)cc(-c3cccc4c3oc3ccccc34)n2)c1.c1ccc(-c2cc(-c3cccc4c3oc3ccccc34)nc(-c3cccc(-n4c5ccccc5c5ccccc54)c3)n2)cc1.c1ccc2c(c1)[nH]c1ccccc12. The third-order valence-electron chi connectivity index (χ3n) is 16.4. The molecule has 8 nitrogen and oxygen atoms in total. The van der Waals surface area contributed by atoms with E-state index in [2.05, 4.69) is 226 Å². The first-order valence-electron chi connectivity index (χ1n) is 29.5. The van der Waals surface area contributed by atoms with E-state index in [1.54, 1.807) is 0 Å². The molecule has 0 spiro atoms. The summed E-state index contributed by atoms with van der Waals surface area (Å²) in [5, 5.41) is 9.44. The van der Waals surface area contributed by atoms with Crippen molar-refractivity contribution in [1.82, 2.24) is 29.5 Å². The molecule has 6 aromatic heterocycles. The van der Waals surface area contributed by atoms with E-state index in [1.165, 1.54) is 43.6 Å². The smallest absolute Gasteiger partial charge is 0.160 e. The summed E-state index contributed by atoms with van der Waals surface area (Å²) in [6.45, 7) is 0. The van der Waals surface area contributed by atoms with Gasteiger partial charge in [0.15, 0.2) is 11.6 Å². The molecule has 1 N–H and O–H groups in total. The van der Waals surface area contributed by atoms with Gasteiger partial charge in [-0.25, -0.2) is 19.9 Å². The predicted molar refractivity (Wildman–Crippen MR) is 369 cm³/mol. The minimum absolute atomic E-state index is 0.664. The number of para-hydroxylation sites is 8. The quantitative estimate of drug-likeness (QED) is 0.171. The van der Waals surface area contributed by atoms with Gasteiger partial charge in [-0.15, -0.1) is 0 Å². The van der Waals surface area contributed by atoms with E-state index in [-0.39, 0.29) is 0 Å². The van der Waals surface area contributed by atoms with Crippen LogP contribution in [0.4, 0.5) is 0 Å². The molecule has 0 fully saturated rings. The van der Waals surface area contributed by atoms with Crippen molar-refractivity contribution < 1.29 is 8.83 Å². The van der Waals surface area contributed by atoms with Gasteiger partial charge in [0, 0.05) is 97.7 Å². The molecule has 89 heavy (non-hydrogen) atoms. The summed E-state index contributed by atoms with van der Waals surface area (Å²) in [7, 11) is 0. The van der Waals surface area contributed by atoms with Crippen LogP contribution in [0.3, 0.4) is 0 Å². The van der Waals surface area contributed by atoms with Crippen LogP contribution in [-0.4, -0.2) is 29.5 Å². The van der Waals surface area contributed by atoms with E-state index < -0.39 is 0 Å². The number of rotatable bonds is 7. The molecule has 9 heteroatoms. The highest BCUT2D eigenvalue weighted by Crippen LogP contribution is 2.40. The van der Waals surface area contributed by atoms with Crippen LogP contribution in [0.15, 0.2) is 317 Å². The third kappa shape index (κ3) is 9.95. The molecule has 0 radical (unpaired) electrons. The van der Waals surface area contributed by atoms with E-state index in [9.17, 15) is 0 Å². The van der Waals surface area contributed by atoms with E-state index >= 15 is 0 Å². The summed E-state index contributed by atoms with van der Waals surface area (Å²) < 4.78 is 16.0. The van der Waals surface area contributed by atoms with E-state index in [4.69, 9.17) is 28.8 Å². The van der Waals surface area contributed by atoms with E-state index in [0.29, 0.717) is 11.6 Å². The second-order valence-electron chi connectivity index (χ2n) is 21.9. The number of hydrogen-bond acceptors (Lipinski definition) is 6. The van der Waals surface area contributed by atoms with Crippen molar-refractivity contribution in [3.05, 3.63) is 308 Å². The molecule has 18 aromatic rings. The fourth-order valence-corrected chi connectivity index (χ4v) is 12.7. The maximum atomic E-state index is 6.42. The van der Waals surface area contributed by atoms with Crippen LogP contribution >= 0.6 is 15.9 Å². The van der Waals surface area contributed by atoms with Crippen molar-refractivity contribution >= 4 is 103 Å². The van der Waals surface area contributed by atoms with Crippen LogP contribution in [0.5, 0.6) is 0 Å². The van der Waals surface area contributed by atoms with Crippen LogP contribution in [0, 0.1) is 0 Å². The molecule has 0 amide bonds. The molecule has 420 valence electrons. The van der Waals surface area contributed by atoms with Crippen molar-refractivity contribution in [2.45, 2.75) is 0 Å². The molecule has 0 bridgehead atoms. The minimum Gasteiger partial charge on any atom is -0.455 e. The lowest BCUT2D eigenvalue weighted by molar-refractivity contribution is 0.669. The van der Waals surface area contributed by atoms with Crippen molar-refractivity contribution in [2.24, 2.45) is 0 Å². The highest BCUT2D eigenvalue weighted by Gasteiger charge is 2.20. The van der Waals surface area contributed by atoms with Gasteiger partial charge in [0.2, 0.25) is 0 Å². The number of nitrogens with zero attached hydrogens (tertiary/aromatic N) is 5. The zero-order chi connectivity index (χ0) is 59.2. The molecule has 0 saturated heterocycles. The normalized spacial score (nSPS) is 11.4. The second-order valence-corrected chi connectivity index (χ2v) is 22.8. The molecule has 18 rings (SSSR count). The molecule has 0 unspecified atom stereocenters. The van der Waals surface area contributed by atoms with Gasteiger partial charge in [0.1, 0.15) is 22.3 Å². The summed E-state index contributed by atoms with van der Waals surface area (Å²) in [5.41, 5.74) is 18.5. The highest BCUT2D eigenvalue weighted by atomic mass is 79.9. The Morgan fingerprint density at radius 1 is 0.292 bits per heavy atom. The first-order valence-corrected chi connectivity index (χ1v) is 30.3. The molecule has 12 aromatic carbocycles. The number of H-pyrrole nitrogens is 1. The summed E-state index contributed by atoms with van der Waals surface area (Å²) in [4.78, 5) is 23.6. The van der Waals surface area contributed by atoms with E-state index in [0.717, 1.165) is 110 Å². The number of fused-ring (bicyclic) bond motifs is 12. The lowest BCUT2D eigenvalue weighted by Gasteiger charge is -2.12. The molecule has 0 saturated carbocycles. The fourth-order valence-electron chi connectivity index (χ4n) is 12.3. The van der Waals surface area contributed by atoms with Gasteiger partial charge in [-0.3, -0.25) is 0 Å². The number of aromatic nitrogens is 6. The second kappa shape index (κ2) is 22.7. The lowest BCUT2D eigenvalue weighted by Crippen LogP contribution is -1.98. The zero-order valence-corrected chi connectivity index (χ0v) is 49.4. The predicted octanol–water partition coefficient (Wildman–Crippen LogP) is 21.9. The van der Waals surface area contributed by atoms with Gasteiger partial charge in [-0.2, -0.15) is 0 Å². The molecule has 0 aliphatic heterocycles. The standard InChI is InChI=1S/C40H25N3O.C28H17BrN2O.C12H9N/c1-2-12-26(13-3-1)34-25-35(33-20-11-19-32-31-18-6-9-23-38(31)44-39(32)33)42-40(41-34)27-14-10-15-28(24-27)43-36-21-7-4-16-29(36)30-17-5-8-22-37(30)43;29-20-11-6-10-19(16-20)28-30-24(18-8-2-1-3-9-18)17-25(31-28)23-14-7-13-22-21-12-4-5-15-26(21)32-27(22)23;1-3-7-11-9(5-1)10-6-2-4-8-12(10)13-11/h1-25H;1-17H;1-8,13H. The van der Waals surface area contributed by atoms with Gasteiger partial charge in [0.05, 0.1) is 33.8 Å². The van der Waals surface area contributed by atoms with Crippen molar-refractivity contribution in [1.29, 1.82) is 0 Å². The number of halogens is 1. The first kappa shape index (κ1) is 53.0. The average molecular weight is 1210 g/mol. The Morgan fingerprint density at radius 3 is 1.18 bits per heavy atom. The Balaban J connectivity index is 0.000000122.